The van der Waals surface area contributed by atoms with Gasteiger partial charge in [-0.3, -0.25) is 0 Å². The largest absolute Gasteiger partial charge is 0.379 e. The number of hydrogen-bond acceptors (Lipinski definition) is 4. The predicted octanol–water partition coefficient (Wildman–Crippen LogP) is 3.40. The molecular weight excluding hydrogens is 384 g/mol. The van der Waals surface area contributed by atoms with Crippen LogP contribution in [0.3, 0.4) is 0 Å². The molecule has 2 aromatic rings. The topological polar surface area (TPSA) is 49.9 Å². The van der Waals surface area contributed by atoms with Crippen molar-refractivity contribution in [3.8, 4) is 11.1 Å². The maximum absolute atomic E-state index is 13.7. The van der Waals surface area contributed by atoms with Gasteiger partial charge in [0.2, 0.25) is 10.0 Å². The van der Waals surface area contributed by atoms with Crippen LogP contribution in [-0.2, 0) is 21.2 Å². The average molecular weight is 415 g/mol. The lowest BCUT2D eigenvalue weighted by Crippen LogP contribution is -2.41. The summed E-state index contributed by atoms with van der Waals surface area (Å²) in [6.45, 7) is 5.98. The van der Waals surface area contributed by atoms with E-state index in [1.165, 1.54) is 12.8 Å². The summed E-state index contributed by atoms with van der Waals surface area (Å²) in [5.41, 5.74) is 2.65. The van der Waals surface area contributed by atoms with Crippen molar-refractivity contribution in [3.63, 3.8) is 0 Å². The van der Waals surface area contributed by atoms with E-state index in [9.17, 15) is 8.42 Å². The first-order valence-electron chi connectivity index (χ1n) is 10.6. The Hall–Kier alpha value is -1.73. The molecule has 29 heavy (non-hydrogen) atoms. The highest BCUT2D eigenvalue weighted by atomic mass is 32.2. The highest BCUT2D eigenvalue weighted by molar-refractivity contribution is 7.89. The molecule has 4 rings (SSSR count). The van der Waals surface area contributed by atoms with Crippen molar-refractivity contribution in [1.82, 2.24) is 9.21 Å². The molecule has 1 unspecified atom stereocenters. The third kappa shape index (κ3) is 4.40. The number of benzene rings is 2. The van der Waals surface area contributed by atoms with Crippen molar-refractivity contribution in [3.05, 3.63) is 54.1 Å². The second-order valence-electron chi connectivity index (χ2n) is 7.95. The number of ether oxygens (including phenoxy) is 1. The van der Waals surface area contributed by atoms with Gasteiger partial charge in [-0.1, -0.05) is 48.5 Å². The number of morpholine rings is 1. The molecule has 0 saturated carbocycles. The molecule has 0 aliphatic carbocycles. The van der Waals surface area contributed by atoms with Gasteiger partial charge in [0, 0.05) is 31.2 Å². The summed E-state index contributed by atoms with van der Waals surface area (Å²) >= 11 is 0. The van der Waals surface area contributed by atoms with Crippen molar-refractivity contribution >= 4 is 10.0 Å². The van der Waals surface area contributed by atoms with Crippen molar-refractivity contribution in [2.45, 2.75) is 37.1 Å². The normalized spacial score (nSPS) is 21.5. The fourth-order valence-electron chi connectivity index (χ4n) is 4.44. The van der Waals surface area contributed by atoms with Gasteiger partial charge in [-0.15, -0.1) is 0 Å². The minimum atomic E-state index is -3.60. The molecule has 0 aromatic heterocycles. The molecule has 0 bridgehead atoms. The summed E-state index contributed by atoms with van der Waals surface area (Å²) in [6, 6.07) is 16.3. The van der Waals surface area contributed by atoms with Crippen molar-refractivity contribution in [2.24, 2.45) is 0 Å². The molecule has 2 aliphatic rings. The molecular formula is C23H30N2O3S. The zero-order chi connectivity index (χ0) is 20.3. The molecule has 2 aromatic carbocycles. The zero-order valence-corrected chi connectivity index (χ0v) is 17.9. The van der Waals surface area contributed by atoms with E-state index in [0.29, 0.717) is 37.2 Å². The fraction of sp³-hybridized carbons (Fsp3) is 0.478. The molecule has 1 atom stereocenters. The van der Waals surface area contributed by atoms with Crippen LogP contribution in [0.15, 0.2) is 53.4 Å². The first-order chi connectivity index (χ1) is 14.1. The van der Waals surface area contributed by atoms with Gasteiger partial charge in [-0.05, 0) is 43.9 Å². The first kappa shape index (κ1) is 20.5. The first-order valence-corrected chi connectivity index (χ1v) is 12.0. The highest BCUT2D eigenvalue weighted by Gasteiger charge is 2.31. The Bertz CT molecular complexity index is 924. The lowest BCUT2D eigenvalue weighted by molar-refractivity contribution is 0.0730. The van der Waals surface area contributed by atoms with E-state index in [4.69, 9.17) is 4.74 Å². The van der Waals surface area contributed by atoms with E-state index >= 15 is 0 Å². The number of sulfonamides is 1. The van der Waals surface area contributed by atoms with Crippen molar-refractivity contribution < 1.29 is 13.2 Å². The molecule has 0 amide bonds. The van der Waals surface area contributed by atoms with Gasteiger partial charge >= 0.3 is 0 Å². The van der Waals surface area contributed by atoms with Gasteiger partial charge in [0.25, 0.3) is 0 Å². The molecule has 0 spiro atoms. The Morgan fingerprint density at radius 2 is 1.76 bits per heavy atom. The summed E-state index contributed by atoms with van der Waals surface area (Å²) in [6.07, 6.45) is 3.19. The van der Waals surface area contributed by atoms with Crippen LogP contribution in [0.1, 0.15) is 25.3 Å². The SMILES string of the molecule is CC1CCCN1CCc1cccc(-c2ccccc2)c1S(=O)(=O)N1CCOCC1. The van der Waals surface area contributed by atoms with Gasteiger partial charge in [0.15, 0.2) is 0 Å². The second-order valence-corrected chi connectivity index (χ2v) is 9.83. The number of likely N-dealkylation sites (tertiary alicyclic amines) is 1. The summed E-state index contributed by atoms with van der Waals surface area (Å²) in [7, 11) is -3.60. The minimum Gasteiger partial charge on any atom is -0.379 e. The monoisotopic (exact) mass is 414 g/mol. The standard InChI is InChI=1S/C23H30N2O3S/c1-19-7-6-13-24(19)14-12-21-10-5-11-22(20-8-3-2-4-9-20)23(21)29(26,27)25-15-17-28-18-16-25/h2-5,8-11,19H,6-7,12-18H2,1H3. The number of nitrogens with zero attached hydrogens (tertiary/aromatic N) is 2. The molecule has 6 heteroatoms. The number of rotatable bonds is 6. The summed E-state index contributed by atoms with van der Waals surface area (Å²) in [5, 5.41) is 0. The highest BCUT2D eigenvalue weighted by Crippen LogP contribution is 2.33. The molecule has 0 radical (unpaired) electrons. The molecule has 156 valence electrons. The third-order valence-corrected chi connectivity index (χ3v) is 8.15. The van der Waals surface area contributed by atoms with Crippen LogP contribution >= 0.6 is 0 Å². The summed E-state index contributed by atoms with van der Waals surface area (Å²) in [4.78, 5) is 2.94. The minimum absolute atomic E-state index is 0.411. The summed E-state index contributed by atoms with van der Waals surface area (Å²) < 4.78 is 34.4. The smallest absolute Gasteiger partial charge is 0.244 e. The fourth-order valence-corrected chi connectivity index (χ4v) is 6.29. The van der Waals surface area contributed by atoms with Crippen LogP contribution in [0.5, 0.6) is 0 Å². The zero-order valence-electron chi connectivity index (χ0n) is 17.1. The van der Waals surface area contributed by atoms with Crippen LogP contribution in [0.4, 0.5) is 0 Å². The lowest BCUT2D eigenvalue weighted by atomic mass is 10.0. The van der Waals surface area contributed by atoms with Gasteiger partial charge < -0.3 is 9.64 Å². The Balaban J connectivity index is 1.74. The Kier molecular flexibility index (Phi) is 6.35. The van der Waals surface area contributed by atoms with E-state index in [1.54, 1.807) is 4.31 Å². The van der Waals surface area contributed by atoms with Gasteiger partial charge in [0.05, 0.1) is 18.1 Å². The van der Waals surface area contributed by atoms with Gasteiger partial charge in [-0.2, -0.15) is 4.31 Å². The third-order valence-electron chi connectivity index (χ3n) is 6.11. The Labute approximate surface area is 174 Å². The average Bonchev–Trinajstić information content (AvgIpc) is 3.18. The molecule has 2 heterocycles. The van der Waals surface area contributed by atoms with Crippen LogP contribution in [0, 0.1) is 0 Å². The second kappa shape index (κ2) is 8.96. The van der Waals surface area contributed by atoms with Crippen LogP contribution in [-0.4, -0.2) is 63.1 Å². The van der Waals surface area contributed by atoms with Gasteiger partial charge in [0.1, 0.15) is 0 Å². The lowest BCUT2D eigenvalue weighted by Gasteiger charge is -2.29. The van der Waals surface area contributed by atoms with Crippen LogP contribution < -0.4 is 0 Å². The van der Waals surface area contributed by atoms with E-state index < -0.39 is 10.0 Å². The molecule has 0 N–H and O–H groups in total. The number of hydrogen-bond donors (Lipinski definition) is 0. The quantitative estimate of drug-likeness (QED) is 0.727. The van der Waals surface area contributed by atoms with E-state index in [2.05, 4.69) is 11.8 Å². The molecule has 2 fully saturated rings. The van der Waals surface area contributed by atoms with Crippen LogP contribution in [0.2, 0.25) is 0 Å². The maximum atomic E-state index is 13.7. The van der Waals surface area contributed by atoms with Crippen molar-refractivity contribution in [1.29, 1.82) is 0 Å². The van der Waals surface area contributed by atoms with E-state index in [-0.39, 0.29) is 0 Å². The van der Waals surface area contributed by atoms with E-state index in [0.717, 1.165) is 36.2 Å². The predicted molar refractivity (Wildman–Crippen MR) is 115 cm³/mol. The Morgan fingerprint density at radius 3 is 2.45 bits per heavy atom. The van der Waals surface area contributed by atoms with Crippen LogP contribution in [0.25, 0.3) is 11.1 Å². The van der Waals surface area contributed by atoms with Gasteiger partial charge in [-0.25, -0.2) is 8.42 Å². The molecule has 5 nitrogen and oxygen atoms in total. The molecule has 2 saturated heterocycles. The maximum Gasteiger partial charge on any atom is 0.244 e. The Morgan fingerprint density at radius 1 is 1.00 bits per heavy atom. The van der Waals surface area contributed by atoms with Crippen molar-refractivity contribution in [2.75, 3.05) is 39.4 Å². The van der Waals surface area contributed by atoms with E-state index in [1.807, 2.05) is 48.5 Å². The molecule has 2 aliphatic heterocycles. The summed E-state index contributed by atoms with van der Waals surface area (Å²) in [5.74, 6) is 0.